The van der Waals surface area contributed by atoms with Crippen LogP contribution in [0.25, 0.3) is 11.3 Å². The predicted molar refractivity (Wildman–Crippen MR) is 134 cm³/mol. The highest BCUT2D eigenvalue weighted by Crippen LogP contribution is 2.28. The van der Waals surface area contributed by atoms with Crippen molar-refractivity contribution in [3.63, 3.8) is 0 Å². The number of carboxylic acid groups (broad SMARTS) is 1. The molecular weight excluding hydrogens is 446 g/mol. The van der Waals surface area contributed by atoms with Gasteiger partial charge in [0.2, 0.25) is 0 Å². The summed E-state index contributed by atoms with van der Waals surface area (Å²) in [7, 11) is 1.61. The lowest BCUT2D eigenvalue weighted by molar-refractivity contribution is -0.137. The molecule has 0 atom stereocenters. The van der Waals surface area contributed by atoms with Crippen LogP contribution in [0.5, 0.6) is 11.5 Å². The van der Waals surface area contributed by atoms with Crippen LogP contribution in [0.3, 0.4) is 0 Å². The van der Waals surface area contributed by atoms with E-state index in [9.17, 15) is 9.59 Å². The summed E-state index contributed by atoms with van der Waals surface area (Å²) in [4.78, 5) is 25.9. The number of aliphatic carboxylic acids is 1. The summed E-state index contributed by atoms with van der Waals surface area (Å²) in [5.74, 6) is 1.28. The topological polar surface area (TPSA) is 89.2 Å². The molecule has 1 heterocycles. The van der Waals surface area contributed by atoms with E-state index in [4.69, 9.17) is 19.0 Å². The van der Waals surface area contributed by atoms with Crippen LogP contribution < -0.4 is 9.47 Å². The zero-order chi connectivity index (χ0) is 25.2. The standard InChI is InChI=1S/C28H33NO6/c1-20(2)29(28(32)22-12-10-21(11-13-22)25-8-7-17-35-25)19-23-18-24(33-3)14-15-26(23)34-16-6-4-5-9-27(30)31/h7-8,10-15,17-18,20H,4-6,9,16,19H2,1-3H3,(H,30,31). The Balaban J connectivity index is 1.72. The summed E-state index contributed by atoms with van der Waals surface area (Å²) in [5, 5.41) is 8.77. The summed E-state index contributed by atoms with van der Waals surface area (Å²) >= 11 is 0. The number of carboxylic acids is 1. The second-order valence-electron chi connectivity index (χ2n) is 8.61. The van der Waals surface area contributed by atoms with E-state index in [0.717, 1.165) is 29.7 Å². The van der Waals surface area contributed by atoms with Crippen molar-refractivity contribution in [1.29, 1.82) is 0 Å². The zero-order valence-corrected chi connectivity index (χ0v) is 20.5. The molecular formula is C28H33NO6. The third-order valence-electron chi connectivity index (χ3n) is 5.72. The van der Waals surface area contributed by atoms with Gasteiger partial charge in [0.05, 0.1) is 26.5 Å². The highest BCUT2D eigenvalue weighted by molar-refractivity contribution is 5.94. The van der Waals surface area contributed by atoms with E-state index in [-0.39, 0.29) is 18.4 Å². The summed E-state index contributed by atoms with van der Waals surface area (Å²) in [6.45, 7) is 4.81. The first-order valence-electron chi connectivity index (χ1n) is 11.9. The van der Waals surface area contributed by atoms with Gasteiger partial charge in [0.15, 0.2) is 0 Å². The minimum absolute atomic E-state index is 0.0395. The molecule has 1 amide bonds. The molecule has 0 unspecified atom stereocenters. The van der Waals surface area contributed by atoms with Gasteiger partial charge in [-0.15, -0.1) is 0 Å². The summed E-state index contributed by atoms with van der Waals surface area (Å²) in [6, 6.07) is 16.6. The van der Waals surface area contributed by atoms with Gasteiger partial charge in [-0.25, -0.2) is 0 Å². The van der Waals surface area contributed by atoms with Crippen LogP contribution in [0.4, 0.5) is 0 Å². The number of furan rings is 1. The van der Waals surface area contributed by atoms with E-state index in [2.05, 4.69) is 0 Å². The van der Waals surface area contributed by atoms with Crippen molar-refractivity contribution in [1.82, 2.24) is 4.90 Å². The second kappa shape index (κ2) is 12.6. The van der Waals surface area contributed by atoms with Crippen molar-refractivity contribution in [3.05, 3.63) is 72.0 Å². The maximum absolute atomic E-state index is 13.4. The van der Waals surface area contributed by atoms with E-state index in [0.29, 0.717) is 36.6 Å². The SMILES string of the molecule is COc1ccc(OCCCCCC(=O)O)c(CN(C(=O)c2ccc(-c3ccco3)cc2)C(C)C)c1. The number of unbranched alkanes of at least 4 members (excludes halogenated alkanes) is 2. The molecule has 0 fully saturated rings. The van der Waals surface area contributed by atoms with E-state index < -0.39 is 5.97 Å². The molecule has 0 bridgehead atoms. The van der Waals surface area contributed by atoms with Gasteiger partial charge in [-0.05, 0) is 75.6 Å². The minimum atomic E-state index is -0.780. The lowest BCUT2D eigenvalue weighted by Gasteiger charge is -2.28. The monoisotopic (exact) mass is 479 g/mol. The van der Waals surface area contributed by atoms with Crippen molar-refractivity contribution in [2.75, 3.05) is 13.7 Å². The van der Waals surface area contributed by atoms with Crippen LogP contribution >= 0.6 is 0 Å². The molecule has 0 aliphatic heterocycles. The molecule has 2 aromatic carbocycles. The number of carbonyl (C=O) groups is 2. The Morgan fingerprint density at radius 1 is 1.03 bits per heavy atom. The van der Waals surface area contributed by atoms with E-state index >= 15 is 0 Å². The summed E-state index contributed by atoms with van der Waals surface area (Å²) in [5.41, 5.74) is 2.36. The fraction of sp³-hybridized carbons (Fsp3) is 0.357. The number of methoxy groups -OCH3 is 1. The van der Waals surface area contributed by atoms with Crippen LogP contribution in [-0.2, 0) is 11.3 Å². The number of rotatable bonds is 13. The zero-order valence-electron chi connectivity index (χ0n) is 20.5. The predicted octanol–water partition coefficient (Wildman–Crippen LogP) is 6.03. The van der Waals surface area contributed by atoms with Crippen molar-refractivity contribution < 1.29 is 28.6 Å². The largest absolute Gasteiger partial charge is 0.497 e. The molecule has 1 N–H and O–H groups in total. The molecule has 0 saturated carbocycles. The Labute approximate surface area is 206 Å². The van der Waals surface area contributed by atoms with Crippen LogP contribution in [-0.4, -0.2) is 41.6 Å². The number of benzene rings is 2. The Morgan fingerprint density at radius 2 is 1.80 bits per heavy atom. The van der Waals surface area contributed by atoms with Crippen molar-refractivity contribution in [2.24, 2.45) is 0 Å². The fourth-order valence-electron chi connectivity index (χ4n) is 3.74. The molecule has 1 aromatic heterocycles. The van der Waals surface area contributed by atoms with Crippen molar-refractivity contribution in [3.8, 4) is 22.8 Å². The van der Waals surface area contributed by atoms with Crippen molar-refractivity contribution in [2.45, 2.75) is 52.1 Å². The van der Waals surface area contributed by atoms with E-state index in [1.165, 1.54) is 0 Å². The van der Waals surface area contributed by atoms with Gasteiger partial charge in [-0.1, -0.05) is 12.1 Å². The van der Waals surface area contributed by atoms with Gasteiger partial charge in [-0.2, -0.15) is 0 Å². The van der Waals surface area contributed by atoms with Gasteiger partial charge in [-0.3, -0.25) is 9.59 Å². The quantitative estimate of drug-likeness (QED) is 0.301. The summed E-state index contributed by atoms with van der Waals surface area (Å²) in [6.07, 6.45) is 3.96. The third kappa shape index (κ3) is 7.37. The molecule has 0 aliphatic rings. The number of hydrogen-bond acceptors (Lipinski definition) is 5. The smallest absolute Gasteiger partial charge is 0.303 e. The Morgan fingerprint density at radius 3 is 2.43 bits per heavy atom. The highest BCUT2D eigenvalue weighted by Gasteiger charge is 2.21. The van der Waals surface area contributed by atoms with Gasteiger partial charge in [0.1, 0.15) is 17.3 Å². The van der Waals surface area contributed by atoms with Gasteiger partial charge in [0.25, 0.3) is 5.91 Å². The second-order valence-corrected chi connectivity index (χ2v) is 8.61. The Bertz CT molecular complexity index is 1090. The van der Waals surface area contributed by atoms with Crippen LogP contribution in [0, 0.1) is 0 Å². The lowest BCUT2D eigenvalue weighted by Crippen LogP contribution is -2.36. The van der Waals surface area contributed by atoms with E-state index in [1.807, 2.05) is 68.4 Å². The van der Waals surface area contributed by atoms with Gasteiger partial charge >= 0.3 is 5.97 Å². The molecule has 7 nitrogen and oxygen atoms in total. The fourth-order valence-corrected chi connectivity index (χ4v) is 3.74. The molecule has 3 aromatic rings. The molecule has 0 spiro atoms. The normalized spacial score (nSPS) is 10.9. The van der Waals surface area contributed by atoms with Crippen LogP contribution in [0.15, 0.2) is 65.3 Å². The molecule has 35 heavy (non-hydrogen) atoms. The molecule has 0 radical (unpaired) electrons. The number of hydrogen-bond donors (Lipinski definition) is 1. The summed E-state index contributed by atoms with van der Waals surface area (Å²) < 4.78 is 16.9. The van der Waals surface area contributed by atoms with Crippen LogP contribution in [0.1, 0.15) is 55.5 Å². The van der Waals surface area contributed by atoms with Gasteiger partial charge < -0.3 is 23.9 Å². The Hall–Kier alpha value is -3.74. The Kier molecular flexibility index (Phi) is 9.35. The molecule has 0 aliphatic carbocycles. The first kappa shape index (κ1) is 25.9. The van der Waals surface area contributed by atoms with E-state index in [1.54, 1.807) is 18.3 Å². The average molecular weight is 480 g/mol. The maximum Gasteiger partial charge on any atom is 0.303 e. The number of ether oxygens (including phenoxy) is 2. The average Bonchev–Trinajstić information content (AvgIpc) is 3.39. The lowest BCUT2D eigenvalue weighted by atomic mass is 10.1. The molecule has 186 valence electrons. The minimum Gasteiger partial charge on any atom is -0.497 e. The van der Waals surface area contributed by atoms with Gasteiger partial charge in [0, 0.05) is 29.2 Å². The first-order chi connectivity index (χ1) is 16.9. The number of carbonyl (C=O) groups excluding carboxylic acids is 1. The number of nitrogens with zero attached hydrogens (tertiary/aromatic N) is 1. The first-order valence-corrected chi connectivity index (χ1v) is 11.9. The molecule has 0 saturated heterocycles. The maximum atomic E-state index is 13.4. The number of amides is 1. The third-order valence-corrected chi connectivity index (χ3v) is 5.72. The molecule has 7 heteroatoms. The highest BCUT2D eigenvalue weighted by atomic mass is 16.5. The molecule has 3 rings (SSSR count). The van der Waals surface area contributed by atoms with Crippen molar-refractivity contribution >= 4 is 11.9 Å². The van der Waals surface area contributed by atoms with Crippen LogP contribution in [0.2, 0.25) is 0 Å².